The van der Waals surface area contributed by atoms with E-state index in [2.05, 4.69) is 27.1 Å². The minimum absolute atomic E-state index is 0.138. The van der Waals surface area contributed by atoms with E-state index >= 15 is 0 Å². The summed E-state index contributed by atoms with van der Waals surface area (Å²) >= 11 is 0. The predicted octanol–water partition coefficient (Wildman–Crippen LogP) is 2.16. The van der Waals surface area contributed by atoms with E-state index in [-0.39, 0.29) is 5.95 Å². The van der Waals surface area contributed by atoms with E-state index < -0.39 is 0 Å². The van der Waals surface area contributed by atoms with Gasteiger partial charge >= 0.3 is 0 Å². The zero-order valence-corrected chi connectivity index (χ0v) is 10.5. The van der Waals surface area contributed by atoms with Gasteiger partial charge in [0.25, 0.3) is 0 Å². The van der Waals surface area contributed by atoms with Gasteiger partial charge in [-0.05, 0) is 24.1 Å². The third kappa shape index (κ3) is 1.95. The minimum Gasteiger partial charge on any atom is -0.383 e. The molecule has 0 amide bonds. The van der Waals surface area contributed by atoms with Crippen LogP contribution in [0.15, 0.2) is 36.5 Å². The number of aromatic nitrogens is 3. The molecule has 0 aliphatic carbocycles. The molecule has 0 aliphatic heterocycles. The van der Waals surface area contributed by atoms with E-state index in [1.54, 1.807) is 6.20 Å². The third-order valence-electron chi connectivity index (χ3n) is 3.01. The standard InChI is InChI=1S/C14H13N5/c1-8-2-4-9(5-3-8)10-6-7-17-13-11(10)12(15)18-14(16)19-13/h2-7H,1H3,(H4,15,16,17,18,19). The molecule has 3 aromatic rings. The molecule has 5 heteroatoms. The molecular weight excluding hydrogens is 238 g/mol. The fourth-order valence-corrected chi connectivity index (χ4v) is 2.07. The number of anilines is 2. The summed E-state index contributed by atoms with van der Waals surface area (Å²) in [5, 5.41) is 0.737. The summed E-state index contributed by atoms with van der Waals surface area (Å²) in [7, 11) is 0. The molecule has 0 fully saturated rings. The van der Waals surface area contributed by atoms with E-state index in [0.717, 1.165) is 16.5 Å². The van der Waals surface area contributed by atoms with Crippen molar-refractivity contribution in [2.45, 2.75) is 6.92 Å². The highest BCUT2D eigenvalue weighted by Crippen LogP contribution is 2.30. The lowest BCUT2D eigenvalue weighted by molar-refractivity contribution is 1.20. The second-order valence-corrected chi connectivity index (χ2v) is 4.39. The molecule has 0 aliphatic rings. The largest absolute Gasteiger partial charge is 0.383 e. The van der Waals surface area contributed by atoms with Crippen LogP contribution in [0.3, 0.4) is 0 Å². The molecule has 0 unspecified atom stereocenters. The van der Waals surface area contributed by atoms with Crippen LogP contribution in [0.5, 0.6) is 0 Å². The van der Waals surface area contributed by atoms with Crippen LogP contribution in [-0.4, -0.2) is 15.0 Å². The molecule has 1 aromatic carbocycles. The lowest BCUT2D eigenvalue weighted by atomic mass is 10.0. The molecule has 0 radical (unpaired) electrons. The quantitative estimate of drug-likeness (QED) is 0.691. The van der Waals surface area contributed by atoms with E-state index in [1.165, 1.54) is 5.56 Å². The number of benzene rings is 1. The van der Waals surface area contributed by atoms with E-state index in [9.17, 15) is 0 Å². The zero-order chi connectivity index (χ0) is 13.4. The molecular formula is C14H13N5. The topological polar surface area (TPSA) is 90.7 Å². The highest BCUT2D eigenvalue weighted by molar-refractivity contribution is 5.99. The van der Waals surface area contributed by atoms with Crippen LogP contribution in [0.2, 0.25) is 0 Å². The van der Waals surface area contributed by atoms with Crippen molar-refractivity contribution in [2.75, 3.05) is 11.5 Å². The Hall–Kier alpha value is -2.69. The molecule has 0 saturated heterocycles. The van der Waals surface area contributed by atoms with Gasteiger partial charge in [-0.2, -0.15) is 9.97 Å². The van der Waals surface area contributed by atoms with Gasteiger partial charge in [-0.3, -0.25) is 0 Å². The normalized spacial score (nSPS) is 10.8. The van der Waals surface area contributed by atoms with Gasteiger partial charge in [0.2, 0.25) is 5.95 Å². The molecule has 4 N–H and O–H groups in total. The van der Waals surface area contributed by atoms with Crippen LogP contribution in [0.25, 0.3) is 22.2 Å². The number of nitrogens with zero attached hydrogens (tertiary/aromatic N) is 3. The van der Waals surface area contributed by atoms with Crippen LogP contribution < -0.4 is 11.5 Å². The molecule has 3 rings (SSSR count). The Morgan fingerprint density at radius 2 is 1.68 bits per heavy atom. The molecule has 2 heterocycles. The summed E-state index contributed by atoms with van der Waals surface area (Å²) in [6.45, 7) is 2.05. The first kappa shape index (κ1) is 11.4. The minimum atomic E-state index is 0.138. The fourth-order valence-electron chi connectivity index (χ4n) is 2.07. The predicted molar refractivity (Wildman–Crippen MR) is 76.3 cm³/mol. The van der Waals surface area contributed by atoms with Crippen molar-refractivity contribution in [1.29, 1.82) is 0 Å². The van der Waals surface area contributed by atoms with Gasteiger partial charge in [-0.25, -0.2) is 4.98 Å². The molecule has 5 nitrogen and oxygen atoms in total. The lowest BCUT2D eigenvalue weighted by Crippen LogP contribution is -2.02. The fraction of sp³-hybridized carbons (Fsp3) is 0.0714. The first-order valence-electron chi connectivity index (χ1n) is 5.90. The van der Waals surface area contributed by atoms with Crippen molar-refractivity contribution in [3.05, 3.63) is 42.1 Å². The number of fused-ring (bicyclic) bond motifs is 1. The Morgan fingerprint density at radius 3 is 2.42 bits per heavy atom. The Labute approximate surface area is 110 Å². The van der Waals surface area contributed by atoms with Crippen molar-refractivity contribution < 1.29 is 0 Å². The molecule has 0 bridgehead atoms. The van der Waals surface area contributed by atoms with Crippen LogP contribution >= 0.6 is 0 Å². The Kier molecular flexibility index (Phi) is 2.52. The van der Waals surface area contributed by atoms with Gasteiger partial charge in [0, 0.05) is 6.20 Å². The molecule has 2 aromatic heterocycles. The van der Waals surface area contributed by atoms with E-state index in [1.807, 2.05) is 25.1 Å². The van der Waals surface area contributed by atoms with Gasteiger partial charge in [0.05, 0.1) is 5.39 Å². The monoisotopic (exact) mass is 251 g/mol. The van der Waals surface area contributed by atoms with Crippen molar-refractivity contribution in [3.63, 3.8) is 0 Å². The van der Waals surface area contributed by atoms with Crippen LogP contribution in [0.1, 0.15) is 5.56 Å². The van der Waals surface area contributed by atoms with Crippen molar-refractivity contribution >= 4 is 22.8 Å². The number of aryl methyl sites for hydroxylation is 1. The average Bonchev–Trinajstić information content (AvgIpc) is 2.38. The maximum Gasteiger partial charge on any atom is 0.224 e. The van der Waals surface area contributed by atoms with Crippen molar-refractivity contribution in [3.8, 4) is 11.1 Å². The van der Waals surface area contributed by atoms with Gasteiger partial charge in [-0.15, -0.1) is 0 Å². The summed E-state index contributed by atoms with van der Waals surface area (Å²) in [6.07, 6.45) is 1.70. The number of hydrogen-bond donors (Lipinski definition) is 2. The molecule has 0 saturated carbocycles. The van der Waals surface area contributed by atoms with Gasteiger partial charge in [0.1, 0.15) is 5.82 Å². The first-order valence-corrected chi connectivity index (χ1v) is 5.90. The highest BCUT2D eigenvalue weighted by Gasteiger charge is 2.10. The summed E-state index contributed by atoms with van der Waals surface area (Å²) in [5.74, 6) is 0.490. The maximum atomic E-state index is 5.95. The Bertz CT molecular complexity index is 750. The van der Waals surface area contributed by atoms with Crippen molar-refractivity contribution in [2.24, 2.45) is 0 Å². The maximum absolute atomic E-state index is 5.95. The summed E-state index contributed by atoms with van der Waals surface area (Å²) in [6, 6.07) is 10.1. The summed E-state index contributed by atoms with van der Waals surface area (Å²) in [5.41, 5.74) is 15.3. The molecule has 0 atom stereocenters. The number of rotatable bonds is 1. The first-order chi connectivity index (χ1) is 9.15. The SMILES string of the molecule is Cc1ccc(-c2ccnc3nc(N)nc(N)c23)cc1. The van der Waals surface area contributed by atoms with Crippen LogP contribution in [0, 0.1) is 6.92 Å². The smallest absolute Gasteiger partial charge is 0.224 e. The highest BCUT2D eigenvalue weighted by atomic mass is 15.1. The van der Waals surface area contributed by atoms with Gasteiger partial charge < -0.3 is 11.5 Å². The van der Waals surface area contributed by atoms with Gasteiger partial charge in [-0.1, -0.05) is 29.8 Å². The molecule has 19 heavy (non-hydrogen) atoms. The number of nitrogen functional groups attached to an aromatic ring is 2. The Morgan fingerprint density at radius 1 is 0.947 bits per heavy atom. The van der Waals surface area contributed by atoms with E-state index in [4.69, 9.17) is 11.5 Å². The van der Waals surface area contributed by atoms with Crippen molar-refractivity contribution in [1.82, 2.24) is 15.0 Å². The third-order valence-corrected chi connectivity index (χ3v) is 3.01. The molecule has 0 spiro atoms. The summed E-state index contributed by atoms with van der Waals surface area (Å²) < 4.78 is 0. The van der Waals surface area contributed by atoms with Crippen LogP contribution in [-0.2, 0) is 0 Å². The lowest BCUT2D eigenvalue weighted by Gasteiger charge is -2.08. The number of nitrogens with two attached hydrogens (primary N) is 2. The number of pyridine rings is 1. The second kappa shape index (κ2) is 4.20. The Balaban J connectivity index is 2.32. The van der Waals surface area contributed by atoms with E-state index in [0.29, 0.717) is 11.5 Å². The molecule has 94 valence electrons. The van der Waals surface area contributed by atoms with Crippen LogP contribution in [0.4, 0.5) is 11.8 Å². The number of hydrogen-bond acceptors (Lipinski definition) is 5. The zero-order valence-electron chi connectivity index (χ0n) is 10.5. The summed E-state index contributed by atoms with van der Waals surface area (Å²) in [4.78, 5) is 12.3. The second-order valence-electron chi connectivity index (χ2n) is 4.39. The van der Waals surface area contributed by atoms with Gasteiger partial charge in [0.15, 0.2) is 5.65 Å². The average molecular weight is 251 g/mol.